The molecule has 0 aromatic carbocycles. The van der Waals surface area contributed by atoms with Crippen molar-refractivity contribution in [3.63, 3.8) is 0 Å². The molecule has 0 aliphatic carbocycles. The van der Waals surface area contributed by atoms with Gasteiger partial charge in [-0.2, -0.15) is 0 Å². The molecule has 0 rings (SSSR count). The molecule has 3 amide bonds. The van der Waals surface area contributed by atoms with Crippen LogP contribution >= 0.6 is 0 Å². The van der Waals surface area contributed by atoms with Crippen LogP contribution in [0.1, 0.15) is 58.8 Å². The Hall–Kier alpha value is -3.46. The Morgan fingerprint density at radius 1 is 0.865 bits per heavy atom. The molecule has 0 heterocycles. The number of unbranched alkanes of at least 4 members (excludes halogenated alkanes) is 1. The van der Waals surface area contributed by atoms with Gasteiger partial charge in [-0.1, -0.05) is 20.3 Å². The third-order valence-corrected chi connectivity index (χ3v) is 5.67. The molecule has 15 nitrogen and oxygen atoms in total. The van der Waals surface area contributed by atoms with Gasteiger partial charge < -0.3 is 49.1 Å². The number of carboxylic acid groups (broad SMARTS) is 2. The second-order valence-corrected chi connectivity index (χ2v) is 8.77. The average molecular weight is 531 g/mol. The number of amides is 3. The quantitative estimate of drug-likeness (QED) is 0.0480. The Kier molecular flexibility index (Phi) is 16.2. The average Bonchev–Trinajstić information content (AvgIpc) is 2.82. The first-order valence-electron chi connectivity index (χ1n) is 12.2. The van der Waals surface area contributed by atoms with E-state index in [9.17, 15) is 34.2 Å². The molecular weight excluding hydrogens is 488 g/mol. The van der Waals surface area contributed by atoms with Crippen LogP contribution < -0.4 is 38.9 Å². The zero-order valence-corrected chi connectivity index (χ0v) is 21.4. The number of nitrogens with two attached hydrogens (primary N) is 4. The maximum Gasteiger partial charge on any atom is 0.326 e. The molecule has 0 aliphatic heterocycles. The summed E-state index contributed by atoms with van der Waals surface area (Å²) in [6, 6.07) is -4.94. The molecule has 212 valence electrons. The van der Waals surface area contributed by atoms with Gasteiger partial charge in [0.1, 0.15) is 18.1 Å². The van der Waals surface area contributed by atoms with Gasteiger partial charge in [-0.05, 0) is 44.6 Å². The number of guanidine groups is 1. The van der Waals surface area contributed by atoms with E-state index in [1.165, 1.54) is 0 Å². The van der Waals surface area contributed by atoms with Gasteiger partial charge in [-0.25, -0.2) is 4.79 Å². The molecule has 0 aromatic heterocycles. The Morgan fingerprint density at radius 3 is 1.97 bits per heavy atom. The Morgan fingerprint density at radius 2 is 1.46 bits per heavy atom. The smallest absolute Gasteiger partial charge is 0.326 e. The number of aliphatic carboxylic acids is 2. The van der Waals surface area contributed by atoms with Crippen LogP contribution in [0.5, 0.6) is 0 Å². The lowest BCUT2D eigenvalue weighted by atomic mass is 9.98. The van der Waals surface area contributed by atoms with Crippen molar-refractivity contribution in [3.05, 3.63) is 0 Å². The van der Waals surface area contributed by atoms with Crippen molar-refractivity contribution in [1.29, 1.82) is 0 Å². The second kappa shape index (κ2) is 17.9. The van der Waals surface area contributed by atoms with Crippen LogP contribution in [0, 0.1) is 5.92 Å². The van der Waals surface area contributed by atoms with E-state index in [4.69, 9.17) is 22.9 Å². The highest BCUT2D eigenvalue weighted by Gasteiger charge is 2.32. The van der Waals surface area contributed by atoms with E-state index in [1.54, 1.807) is 13.8 Å². The first-order chi connectivity index (χ1) is 17.3. The zero-order valence-electron chi connectivity index (χ0n) is 21.4. The Balaban J connectivity index is 5.49. The number of hydrogen-bond acceptors (Lipinski definition) is 8. The molecule has 0 aromatic rings. The van der Waals surface area contributed by atoms with Crippen LogP contribution in [0.4, 0.5) is 0 Å². The minimum absolute atomic E-state index is 0.0894. The molecule has 0 radical (unpaired) electrons. The first-order valence-corrected chi connectivity index (χ1v) is 12.2. The summed E-state index contributed by atoms with van der Waals surface area (Å²) in [4.78, 5) is 65.0. The highest BCUT2D eigenvalue weighted by molar-refractivity contribution is 5.95. The third-order valence-electron chi connectivity index (χ3n) is 5.67. The predicted molar refractivity (Wildman–Crippen MR) is 136 cm³/mol. The summed E-state index contributed by atoms with van der Waals surface area (Å²) in [5.41, 5.74) is 21.9. The summed E-state index contributed by atoms with van der Waals surface area (Å²) in [7, 11) is 0. The van der Waals surface area contributed by atoms with Crippen molar-refractivity contribution < 1.29 is 34.2 Å². The maximum atomic E-state index is 13.0. The highest BCUT2D eigenvalue weighted by atomic mass is 16.4. The van der Waals surface area contributed by atoms with E-state index in [0.29, 0.717) is 32.2 Å². The summed E-state index contributed by atoms with van der Waals surface area (Å²) in [6.07, 6.45) is 1.46. The lowest BCUT2D eigenvalue weighted by molar-refractivity contribution is -0.144. The molecule has 5 atom stereocenters. The van der Waals surface area contributed by atoms with Crippen LogP contribution in [0.2, 0.25) is 0 Å². The summed E-state index contributed by atoms with van der Waals surface area (Å²) in [6.45, 7) is 3.98. The SMILES string of the molecule is CCC(C)C(NC(=O)C(CC(=O)O)NC(=O)C(CCCCN)NC(=O)C(N)CCCN=C(N)N)C(=O)O. The summed E-state index contributed by atoms with van der Waals surface area (Å²) in [5, 5.41) is 25.8. The second-order valence-electron chi connectivity index (χ2n) is 8.77. The lowest BCUT2D eigenvalue weighted by Gasteiger charge is -2.26. The van der Waals surface area contributed by atoms with E-state index < -0.39 is 66.2 Å². The number of nitrogens with one attached hydrogen (secondary N) is 3. The molecule has 0 fully saturated rings. The Bertz CT molecular complexity index is 804. The summed E-state index contributed by atoms with van der Waals surface area (Å²) < 4.78 is 0. The molecule has 0 saturated carbocycles. The van der Waals surface area contributed by atoms with Gasteiger partial charge in [0.2, 0.25) is 17.7 Å². The number of carbonyl (C=O) groups is 5. The number of rotatable bonds is 19. The number of hydrogen-bond donors (Lipinski definition) is 9. The molecule has 37 heavy (non-hydrogen) atoms. The fourth-order valence-electron chi connectivity index (χ4n) is 3.28. The molecule has 0 spiro atoms. The van der Waals surface area contributed by atoms with Crippen molar-refractivity contribution in [2.75, 3.05) is 13.1 Å². The van der Waals surface area contributed by atoms with E-state index in [2.05, 4.69) is 20.9 Å². The van der Waals surface area contributed by atoms with Gasteiger partial charge in [0.25, 0.3) is 0 Å². The van der Waals surface area contributed by atoms with Crippen molar-refractivity contribution in [2.24, 2.45) is 33.8 Å². The van der Waals surface area contributed by atoms with E-state index >= 15 is 0 Å². The largest absolute Gasteiger partial charge is 0.481 e. The van der Waals surface area contributed by atoms with E-state index in [1.807, 2.05) is 0 Å². The molecule has 0 bridgehead atoms. The number of nitrogens with zero attached hydrogens (tertiary/aromatic N) is 1. The van der Waals surface area contributed by atoms with Crippen LogP contribution in [-0.4, -0.2) is 83.1 Å². The van der Waals surface area contributed by atoms with Crippen molar-refractivity contribution >= 4 is 35.6 Å². The van der Waals surface area contributed by atoms with Crippen molar-refractivity contribution in [3.8, 4) is 0 Å². The molecule has 0 aliphatic rings. The number of carbonyl (C=O) groups excluding carboxylic acids is 3. The van der Waals surface area contributed by atoms with Gasteiger partial charge in [0, 0.05) is 6.54 Å². The van der Waals surface area contributed by atoms with Crippen LogP contribution in [0.15, 0.2) is 4.99 Å². The monoisotopic (exact) mass is 530 g/mol. The minimum Gasteiger partial charge on any atom is -0.481 e. The normalized spacial score (nSPS) is 14.8. The maximum absolute atomic E-state index is 13.0. The van der Waals surface area contributed by atoms with E-state index in [0.717, 1.165) is 0 Å². The highest BCUT2D eigenvalue weighted by Crippen LogP contribution is 2.09. The first kappa shape index (κ1) is 33.5. The number of aliphatic imine (C=N–C) groups is 1. The minimum atomic E-state index is -1.57. The van der Waals surface area contributed by atoms with Crippen molar-refractivity contribution in [2.45, 2.75) is 83.0 Å². The van der Waals surface area contributed by atoms with Gasteiger partial charge in [-0.3, -0.25) is 24.2 Å². The Labute approximate surface area is 216 Å². The molecule has 0 saturated heterocycles. The number of carboxylic acids is 2. The topological polar surface area (TPSA) is 278 Å². The molecule has 13 N–H and O–H groups in total. The third kappa shape index (κ3) is 14.0. The van der Waals surface area contributed by atoms with Crippen molar-refractivity contribution in [1.82, 2.24) is 16.0 Å². The molecule has 15 heteroatoms. The van der Waals surface area contributed by atoms with Crippen LogP contribution in [-0.2, 0) is 24.0 Å². The van der Waals surface area contributed by atoms with Crippen LogP contribution in [0.3, 0.4) is 0 Å². The van der Waals surface area contributed by atoms with Crippen LogP contribution in [0.25, 0.3) is 0 Å². The van der Waals surface area contributed by atoms with Gasteiger partial charge >= 0.3 is 11.9 Å². The summed E-state index contributed by atoms with van der Waals surface area (Å²) >= 11 is 0. The van der Waals surface area contributed by atoms with Gasteiger partial charge in [0.05, 0.1) is 12.5 Å². The van der Waals surface area contributed by atoms with E-state index in [-0.39, 0.29) is 25.3 Å². The molecular formula is C22H42N8O7. The van der Waals surface area contributed by atoms with Gasteiger partial charge in [0.15, 0.2) is 5.96 Å². The fourth-order valence-corrected chi connectivity index (χ4v) is 3.28. The standard InChI is InChI=1S/C22H42N8O7/c1-3-12(2)17(21(36)37)30-20(35)15(11-16(31)32)29-19(34)14(8-4-5-9-23)28-18(33)13(24)7-6-10-27-22(25)26/h12-15,17H,3-11,23-24H2,1-2H3,(H,28,33)(H,29,34)(H,30,35)(H,31,32)(H,36,37)(H4,25,26,27). The van der Waals surface area contributed by atoms with Gasteiger partial charge in [-0.15, -0.1) is 0 Å². The fraction of sp³-hybridized carbons (Fsp3) is 0.727. The summed E-state index contributed by atoms with van der Waals surface area (Å²) in [5.74, 6) is -5.61. The molecule has 5 unspecified atom stereocenters. The zero-order chi connectivity index (χ0) is 28.5. The predicted octanol–water partition coefficient (Wildman–Crippen LogP) is -2.44. The lowest BCUT2D eigenvalue weighted by Crippen LogP contribution is -2.58.